The lowest BCUT2D eigenvalue weighted by molar-refractivity contribution is 0.213. The Morgan fingerprint density at radius 2 is 2.03 bits per heavy atom. The van der Waals surface area contributed by atoms with Crippen LogP contribution in [-0.4, -0.2) is 32.2 Å². The summed E-state index contributed by atoms with van der Waals surface area (Å²) in [5.41, 5.74) is 5.37. The number of fused-ring (bicyclic) bond motifs is 1. The Bertz CT molecular complexity index is 1190. The highest BCUT2D eigenvalue weighted by molar-refractivity contribution is 6.00. The van der Waals surface area contributed by atoms with E-state index in [2.05, 4.69) is 27.8 Å². The zero-order valence-electron chi connectivity index (χ0n) is 16.6. The van der Waals surface area contributed by atoms with Gasteiger partial charge in [-0.2, -0.15) is 5.10 Å². The third-order valence-electron chi connectivity index (χ3n) is 4.90. The molecule has 0 bridgehead atoms. The minimum absolute atomic E-state index is 0.287. The first-order valence-corrected chi connectivity index (χ1v) is 9.47. The summed E-state index contributed by atoms with van der Waals surface area (Å²) in [5.74, 6) is 0.643. The molecule has 7 heteroatoms. The number of hydrogen-bond donors (Lipinski definition) is 0. The van der Waals surface area contributed by atoms with E-state index in [-0.39, 0.29) is 5.82 Å². The second-order valence-electron chi connectivity index (χ2n) is 6.73. The highest BCUT2D eigenvalue weighted by Crippen LogP contribution is 2.22. The fourth-order valence-electron chi connectivity index (χ4n) is 3.55. The monoisotopic (exact) mass is 391 g/mol. The second kappa shape index (κ2) is 7.87. The summed E-state index contributed by atoms with van der Waals surface area (Å²) in [6, 6.07) is 14.5. The molecule has 0 aliphatic heterocycles. The van der Waals surface area contributed by atoms with Crippen LogP contribution in [0.25, 0.3) is 16.7 Å². The molecule has 6 nitrogen and oxygen atoms in total. The van der Waals surface area contributed by atoms with Gasteiger partial charge in [0.05, 0.1) is 28.1 Å². The molecule has 0 fully saturated rings. The smallest absolute Gasteiger partial charge is 0.125 e. The Kier molecular flexibility index (Phi) is 5.12. The van der Waals surface area contributed by atoms with Crippen molar-refractivity contribution < 1.29 is 9.23 Å². The van der Waals surface area contributed by atoms with Crippen molar-refractivity contribution in [1.82, 2.24) is 19.3 Å². The van der Waals surface area contributed by atoms with Crippen molar-refractivity contribution in [3.63, 3.8) is 0 Å². The summed E-state index contributed by atoms with van der Waals surface area (Å²) in [6.45, 7) is 4.80. The summed E-state index contributed by atoms with van der Waals surface area (Å²) in [6.07, 6.45) is 2.31. The van der Waals surface area contributed by atoms with Gasteiger partial charge >= 0.3 is 0 Å². The Labute approximate surface area is 168 Å². The molecule has 0 aliphatic rings. The molecular formula is C22H22FN5O. The van der Waals surface area contributed by atoms with E-state index in [4.69, 9.17) is 9.82 Å². The molecule has 0 radical (unpaired) electrons. The van der Waals surface area contributed by atoms with Gasteiger partial charge in [-0.3, -0.25) is 0 Å². The van der Waals surface area contributed by atoms with Crippen LogP contribution >= 0.6 is 0 Å². The van der Waals surface area contributed by atoms with Crippen LogP contribution in [-0.2, 0) is 17.8 Å². The van der Waals surface area contributed by atoms with Crippen LogP contribution in [0.5, 0.6) is 0 Å². The van der Waals surface area contributed by atoms with Crippen LogP contribution < -0.4 is 0 Å². The zero-order chi connectivity index (χ0) is 20.4. The van der Waals surface area contributed by atoms with Crippen LogP contribution in [0.1, 0.15) is 30.9 Å². The minimum atomic E-state index is -0.287. The van der Waals surface area contributed by atoms with Crippen LogP contribution in [0.4, 0.5) is 4.39 Å². The first-order valence-electron chi connectivity index (χ1n) is 9.47. The second-order valence-corrected chi connectivity index (χ2v) is 6.73. The van der Waals surface area contributed by atoms with E-state index < -0.39 is 0 Å². The van der Waals surface area contributed by atoms with Gasteiger partial charge in [-0.05, 0) is 50.2 Å². The van der Waals surface area contributed by atoms with E-state index in [1.54, 1.807) is 16.9 Å². The van der Waals surface area contributed by atoms with Gasteiger partial charge in [-0.1, -0.05) is 17.3 Å². The molecule has 4 rings (SSSR count). The van der Waals surface area contributed by atoms with Gasteiger partial charge in [0, 0.05) is 24.7 Å². The lowest BCUT2D eigenvalue weighted by Gasteiger charge is -2.09. The van der Waals surface area contributed by atoms with E-state index in [0.29, 0.717) is 12.1 Å². The van der Waals surface area contributed by atoms with Crippen molar-refractivity contribution in [3.05, 3.63) is 77.6 Å². The van der Waals surface area contributed by atoms with Gasteiger partial charge < -0.3 is 9.40 Å². The molecule has 29 heavy (non-hydrogen) atoms. The number of aromatic nitrogens is 4. The summed E-state index contributed by atoms with van der Waals surface area (Å²) < 4.78 is 17.6. The normalized spacial score (nSPS) is 11.9. The van der Waals surface area contributed by atoms with Crippen LogP contribution in [0.2, 0.25) is 0 Å². The molecule has 0 N–H and O–H groups in total. The van der Waals surface area contributed by atoms with E-state index >= 15 is 0 Å². The number of rotatable bonds is 6. The fraction of sp³-hybridized carbons (Fsp3) is 0.227. The van der Waals surface area contributed by atoms with E-state index in [9.17, 15) is 4.39 Å². The van der Waals surface area contributed by atoms with Crippen molar-refractivity contribution in [2.45, 2.75) is 26.8 Å². The van der Waals surface area contributed by atoms with Crippen LogP contribution in [0.15, 0.2) is 59.9 Å². The number of nitrogens with zero attached hydrogens (tertiary/aromatic N) is 5. The Morgan fingerprint density at radius 1 is 1.17 bits per heavy atom. The number of benzene rings is 2. The quantitative estimate of drug-likeness (QED) is 0.363. The molecule has 2 aromatic heterocycles. The molecule has 0 amide bonds. The first kappa shape index (κ1) is 18.9. The average Bonchev–Trinajstić information content (AvgIpc) is 3.31. The molecule has 0 saturated heterocycles. The lowest BCUT2D eigenvalue weighted by atomic mass is 10.1. The number of hydrogen-bond acceptors (Lipinski definition) is 4. The van der Waals surface area contributed by atoms with Gasteiger partial charge in [0.1, 0.15) is 18.8 Å². The first-order chi connectivity index (χ1) is 14.1. The van der Waals surface area contributed by atoms with Crippen molar-refractivity contribution in [1.29, 1.82) is 0 Å². The molecule has 2 heterocycles. The predicted molar refractivity (Wildman–Crippen MR) is 111 cm³/mol. The maximum atomic E-state index is 13.7. The fourth-order valence-corrected chi connectivity index (χ4v) is 3.55. The summed E-state index contributed by atoms with van der Waals surface area (Å²) in [7, 11) is 1.54. The van der Waals surface area contributed by atoms with Gasteiger partial charge in [-0.25, -0.2) is 14.1 Å². The molecule has 0 atom stereocenters. The van der Waals surface area contributed by atoms with Crippen LogP contribution in [0, 0.1) is 5.82 Å². The van der Waals surface area contributed by atoms with Crippen molar-refractivity contribution in [2.24, 2.45) is 5.16 Å². The molecule has 2 aromatic carbocycles. The average molecular weight is 391 g/mol. The maximum absolute atomic E-state index is 13.7. The predicted octanol–water partition coefficient (Wildman–Crippen LogP) is 4.34. The Balaban J connectivity index is 1.74. The maximum Gasteiger partial charge on any atom is 0.125 e. The molecule has 0 saturated carbocycles. The summed E-state index contributed by atoms with van der Waals surface area (Å²) in [5, 5.41) is 8.38. The van der Waals surface area contributed by atoms with E-state index in [0.717, 1.165) is 40.4 Å². The highest BCUT2D eigenvalue weighted by Gasteiger charge is 2.14. The third-order valence-corrected chi connectivity index (χ3v) is 4.90. The van der Waals surface area contributed by atoms with E-state index in [1.165, 1.54) is 19.2 Å². The number of oxime groups is 1. The number of imidazole rings is 1. The highest BCUT2D eigenvalue weighted by atomic mass is 19.1. The summed E-state index contributed by atoms with van der Waals surface area (Å²) >= 11 is 0. The lowest BCUT2D eigenvalue weighted by Crippen LogP contribution is -2.07. The van der Waals surface area contributed by atoms with Crippen molar-refractivity contribution in [2.75, 3.05) is 7.11 Å². The molecule has 148 valence electrons. The topological polar surface area (TPSA) is 57.2 Å². The van der Waals surface area contributed by atoms with Crippen LogP contribution in [0.3, 0.4) is 0 Å². The Morgan fingerprint density at radius 3 is 2.79 bits per heavy atom. The van der Waals surface area contributed by atoms with E-state index in [1.807, 2.05) is 31.2 Å². The SMILES string of the molecule is CCn1c(Cc2ccnn2-c2cccc(F)c2)nc2cc(/C(C)=N/OC)ccc21. The van der Waals surface area contributed by atoms with Gasteiger partial charge in [0.2, 0.25) is 0 Å². The molecule has 0 spiro atoms. The van der Waals surface area contributed by atoms with Crippen molar-refractivity contribution >= 4 is 16.7 Å². The standard InChI is InChI=1S/C22H22FN5O/c1-4-27-21-9-8-16(15(2)26-29-3)12-20(21)25-22(27)14-19-10-11-24-28(19)18-7-5-6-17(23)13-18/h5-13H,4,14H2,1-3H3/b26-15+. The largest absolute Gasteiger partial charge is 0.399 e. The number of halogens is 1. The van der Waals surface area contributed by atoms with Gasteiger partial charge in [-0.15, -0.1) is 0 Å². The van der Waals surface area contributed by atoms with Gasteiger partial charge in [0.25, 0.3) is 0 Å². The molecular weight excluding hydrogens is 369 g/mol. The molecule has 4 aromatic rings. The third kappa shape index (κ3) is 3.63. The summed E-state index contributed by atoms with van der Waals surface area (Å²) in [4.78, 5) is 9.75. The minimum Gasteiger partial charge on any atom is -0.399 e. The molecule has 0 unspecified atom stereocenters. The van der Waals surface area contributed by atoms with Crippen molar-refractivity contribution in [3.8, 4) is 5.69 Å². The molecule has 0 aliphatic carbocycles. The Hall–Kier alpha value is -3.48. The number of aryl methyl sites for hydroxylation is 1. The zero-order valence-corrected chi connectivity index (χ0v) is 16.6. The van der Waals surface area contributed by atoms with Gasteiger partial charge in [0.15, 0.2) is 0 Å².